The largest absolute Gasteiger partial charge is 0.481 e. The molecule has 0 rings (SSSR count). The Hall–Kier alpha value is -1.79. The van der Waals surface area contributed by atoms with Crippen molar-refractivity contribution in [3.63, 3.8) is 0 Å². The second-order valence-corrected chi connectivity index (χ2v) is 4.09. The first-order valence-electron chi connectivity index (χ1n) is 5.87. The fraction of sp³-hybridized carbons (Fsp3) is 0.727. The van der Waals surface area contributed by atoms with E-state index in [0.29, 0.717) is 13.0 Å². The van der Waals surface area contributed by atoms with E-state index >= 15 is 0 Å². The number of aliphatic carboxylic acids is 1. The quantitative estimate of drug-likeness (QED) is 0.600. The predicted octanol–water partition coefficient (Wildman–Crippen LogP) is 0.0172. The van der Waals surface area contributed by atoms with Gasteiger partial charge < -0.3 is 20.6 Å². The van der Waals surface area contributed by atoms with E-state index in [1.807, 2.05) is 0 Å². The maximum Gasteiger partial charge on any atom is 0.317 e. The Morgan fingerprint density at radius 1 is 1.33 bits per heavy atom. The van der Waals surface area contributed by atoms with Crippen LogP contribution in [0, 0.1) is 0 Å². The molecule has 0 saturated carbocycles. The molecule has 7 heteroatoms. The highest BCUT2D eigenvalue weighted by molar-refractivity contribution is 5.83. The number of amides is 3. The number of carbonyl (C=O) groups is 3. The lowest BCUT2D eigenvalue weighted by Gasteiger charge is -2.20. The van der Waals surface area contributed by atoms with Gasteiger partial charge in [0.25, 0.3) is 0 Å². The molecule has 0 saturated heterocycles. The van der Waals surface area contributed by atoms with Gasteiger partial charge in [0.05, 0.1) is 0 Å². The number of nitrogens with one attached hydrogen (secondary N) is 2. The topological polar surface area (TPSA) is 98.7 Å². The fourth-order valence-electron chi connectivity index (χ4n) is 1.27. The molecule has 1 atom stereocenters. The molecule has 0 radical (unpaired) electrons. The normalized spacial score (nSPS) is 11.5. The monoisotopic (exact) mass is 259 g/mol. The number of carboxylic acids is 1. The molecule has 0 fully saturated rings. The number of hydrogen-bond donors (Lipinski definition) is 3. The molecular formula is C11H21N3O4. The highest BCUT2D eigenvalue weighted by atomic mass is 16.4. The summed E-state index contributed by atoms with van der Waals surface area (Å²) >= 11 is 0. The predicted molar refractivity (Wildman–Crippen MR) is 66.2 cm³/mol. The van der Waals surface area contributed by atoms with Crippen LogP contribution in [-0.4, -0.2) is 54.1 Å². The van der Waals surface area contributed by atoms with Gasteiger partial charge in [-0.25, -0.2) is 4.79 Å². The van der Waals surface area contributed by atoms with Crippen LogP contribution in [0.2, 0.25) is 0 Å². The van der Waals surface area contributed by atoms with Gasteiger partial charge in [-0.1, -0.05) is 0 Å². The second-order valence-electron chi connectivity index (χ2n) is 4.09. The van der Waals surface area contributed by atoms with Crippen LogP contribution in [0.1, 0.15) is 26.7 Å². The fourth-order valence-corrected chi connectivity index (χ4v) is 1.27. The molecule has 0 aromatic carbocycles. The zero-order valence-electron chi connectivity index (χ0n) is 11.0. The zero-order valence-corrected chi connectivity index (χ0v) is 11.0. The lowest BCUT2D eigenvalue weighted by atomic mass is 10.2. The van der Waals surface area contributed by atoms with E-state index < -0.39 is 5.97 Å². The Morgan fingerprint density at radius 3 is 2.44 bits per heavy atom. The maximum atomic E-state index is 11.6. The molecule has 1 unspecified atom stereocenters. The van der Waals surface area contributed by atoms with Gasteiger partial charge in [0, 0.05) is 26.1 Å². The number of nitrogens with zero attached hydrogens (tertiary/aromatic N) is 1. The van der Waals surface area contributed by atoms with Gasteiger partial charge >= 0.3 is 12.0 Å². The van der Waals surface area contributed by atoms with E-state index in [9.17, 15) is 14.4 Å². The van der Waals surface area contributed by atoms with E-state index in [1.54, 1.807) is 13.8 Å². The third kappa shape index (κ3) is 7.48. The SMILES string of the molecule is CCNC(=O)CN(C)C(=O)NC(C)CCC(=O)O. The molecule has 0 bridgehead atoms. The average molecular weight is 259 g/mol. The molecule has 0 aliphatic carbocycles. The van der Waals surface area contributed by atoms with Crippen LogP contribution < -0.4 is 10.6 Å². The van der Waals surface area contributed by atoms with Crippen molar-refractivity contribution >= 4 is 17.9 Å². The summed E-state index contributed by atoms with van der Waals surface area (Å²) in [6.45, 7) is 4.02. The molecule has 0 aromatic rings. The number of carbonyl (C=O) groups excluding carboxylic acids is 2. The van der Waals surface area contributed by atoms with Crippen molar-refractivity contribution in [1.82, 2.24) is 15.5 Å². The molecule has 18 heavy (non-hydrogen) atoms. The summed E-state index contributed by atoms with van der Waals surface area (Å²) in [6, 6.07) is -0.635. The van der Waals surface area contributed by atoms with Crippen LogP contribution in [0.5, 0.6) is 0 Å². The Labute approximate surface area is 107 Å². The molecule has 104 valence electrons. The first-order valence-corrected chi connectivity index (χ1v) is 5.87. The highest BCUT2D eigenvalue weighted by Crippen LogP contribution is 1.97. The minimum absolute atomic E-state index is 0.00147. The van der Waals surface area contributed by atoms with Crippen molar-refractivity contribution < 1.29 is 19.5 Å². The summed E-state index contributed by atoms with van der Waals surface area (Å²) < 4.78 is 0. The molecule has 0 aliphatic rings. The lowest BCUT2D eigenvalue weighted by molar-refractivity contribution is -0.137. The molecule has 3 N–H and O–H groups in total. The van der Waals surface area contributed by atoms with Crippen molar-refractivity contribution in [3.05, 3.63) is 0 Å². The van der Waals surface area contributed by atoms with E-state index in [-0.39, 0.29) is 30.9 Å². The number of hydrogen-bond acceptors (Lipinski definition) is 3. The van der Waals surface area contributed by atoms with Crippen LogP contribution in [-0.2, 0) is 9.59 Å². The molecule has 3 amide bonds. The smallest absolute Gasteiger partial charge is 0.317 e. The Balaban J connectivity index is 3.99. The van der Waals surface area contributed by atoms with Gasteiger partial charge in [0.1, 0.15) is 6.54 Å². The summed E-state index contributed by atoms with van der Waals surface area (Å²) in [5.74, 6) is -1.12. The number of likely N-dealkylation sites (N-methyl/N-ethyl adjacent to an activating group) is 2. The van der Waals surface area contributed by atoms with Gasteiger partial charge in [-0.3, -0.25) is 9.59 Å². The molecule has 0 spiro atoms. The number of carboxylic acid groups (broad SMARTS) is 1. The molecule has 7 nitrogen and oxygen atoms in total. The minimum Gasteiger partial charge on any atom is -0.481 e. The van der Waals surface area contributed by atoms with Gasteiger partial charge in [0.2, 0.25) is 5.91 Å². The van der Waals surface area contributed by atoms with Crippen LogP contribution in [0.3, 0.4) is 0 Å². The number of rotatable bonds is 7. The third-order valence-corrected chi connectivity index (χ3v) is 2.26. The van der Waals surface area contributed by atoms with Crippen molar-refractivity contribution in [2.45, 2.75) is 32.7 Å². The maximum absolute atomic E-state index is 11.6. The van der Waals surface area contributed by atoms with Gasteiger partial charge in [0.15, 0.2) is 0 Å². The van der Waals surface area contributed by atoms with Crippen molar-refractivity contribution in [2.75, 3.05) is 20.1 Å². The van der Waals surface area contributed by atoms with Crippen LogP contribution in [0.4, 0.5) is 4.79 Å². The van der Waals surface area contributed by atoms with Crippen LogP contribution in [0.25, 0.3) is 0 Å². The zero-order chi connectivity index (χ0) is 14.1. The van der Waals surface area contributed by atoms with Gasteiger partial charge in [-0.05, 0) is 20.3 Å². The van der Waals surface area contributed by atoms with Gasteiger partial charge in [-0.15, -0.1) is 0 Å². The van der Waals surface area contributed by atoms with Gasteiger partial charge in [-0.2, -0.15) is 0 Å². The highest BCUT2D eigenvalue weighted by Gasteiger charge is 2.15. The summed E-state index contributed by atoms with van der Waals surface area (Å²) in [5.41, 5.74) is 0. The summed E-state index contributed by atoms with van der Waals surface area (Å²) in [5, 5.41) is 13.7. The van der Waals surface area contributed by atoms with E-state index in [2.05, 4.69) is 10.6 Å². The number of urea groups is 1. The first-order chi connectivity index (χ1) is 8.36. The average Bonchev–Trinajstić information content (AvgIpc) is 2.26. The minimum atomic E-state index is -0.897. The van der Waals surface area contributed by atoms with Crippen molar-refractivity contribution in [3.8, 4) is 0 Å². The van der Waals surface area contributed by atoms with Crippen molar-refractivity contribution in [2.24, 2.45) is 0 Å². The molecule has 0 aliphatic heterocycles. The van der Waals surface area contributed by atoms with E-state index in [0.717, 1.165) is 0 Å². The molecule has 0 aromatic heterocycles. The molecular weight excluding hydrogens is 238 g/mol. The standard InChI is InChI=1S/C11H21N3O4/c1-4-12-9(15)7-14(3)11(18)13-8(2)5-6-10(16)17/h8H,4-7H2,1-3H3,(H,12,15)(H,13,18)(H,16,17). The second kappa shape index (κ2) is 8.32. The summed E-state index contributed by atoms with van der Waals surface area (Å²) in [7, 11) is 1.51. The Kier molecular flexibility index (Phi) is 7.50. The van der Waals surface area contributed by atoms with Crippen LogP contribution >= 0.6 is 0 Å². The summed E-state index contributed by atoms with van der Waals surface area (Å²) in [6.07, 6.45) is 0.359. The van der Waals surface area contributed by atoms with E-state index in [1.165, 1.54) is 11.9 Å². The first kappa shape index (κ1) is 16.2. The Bertz CT molecular complexity index is 307. The Morgan fingerprint density at radius 2 is 1.94 bits per heavy atom. The van der Waals surface area contributed by atoms with E-state index in [4.69, 9.17) is 5.11 Å². The lowest BCUT2D eigenvalue weighted by Crippen LogP contribution is -2.46. The van der Waals surface area contributed by atoms with Crippen LogP contribution in [0.15, 0.2) is 0 Å². The summed E-state index contributed by atoms with van der Waals surface area (Å²) in [4.78, 5) is 34.5. The third-order valence-electron chi connectivity index (χ3n) is 2.26. The molecule has 0 heterocycles. The van der Waals surface area contributed by atoms with Crippen molar-refractivity contribution in [1.29, 1.82) is 0 Å².